The molecule has 1 heterocycles. The summed E-state index contributed by atoms with van der Waals surface area (Å²) in [5, 5.41) is 5.90. The smallest absolute Gasteiger partial charge is 0.307 e. The SMILES string of the molecule is CCOc1ccc2oc(C(=O)N/N=C/c3ccc(OCc4ccc(Cl)cc4Cl)c(OCC)c3)cc2c1. The summed E-state index contributed by atoms with van der Waals surface area (Å²) in [4.78, 5) is 12.5. The van der Waals surface area contributed by atoms with Gasteiger partial charge >= 0.3 is 5.91 Å². The highest BCUT2D eigenvalue weighted by atomic mass is 35.5. The fourth-order valence-corrected chi connectivity index (χ4v) is 3.86. The Morgan fingerprint density at radius 2 is 1.78 bits per heavy atom. The summed E-state index contributed by atoms with van der Waals surface area (Å²) >= 11 is 12.2. The van der Waals surface area contributed by atoms with E-state index >= 15 is 0 Å². The van der Waals surface area contributed by atoms with Crippen molar-refractivity contribution >= 4 is 46.3 Å². The number of benzene rings is 3. The van der Waals surface area contributed by atoms with Crippen molar-refractivity contribution in [2.75, 3.05) is 13.2 Å². The van der Waals surface area contributed by atoms with Gasteiger partial charge in [-0.25, -0.2) is 5.43 Å². The number of amides is 1. The zero-order valence-electron chi connectivity index (χ0n) is 19.7. The van der Waals surface area contributed by atoms with Crippen molar-refractivity contribution in [1.82, 2.24) is 5.43 Å². The normalized spacial score (nSPS) is 11.1. The number of hydrogen-bond acceptors (Lipinski definition) is 6. The summed E-state index contributed by atoms with van der Waals surface area (Å²) in [6.07, 6.45) is 1.51. The summed E-state index contributed by atoms with van der Waals surface area (Å²) in [5.41, 5.74) is 4.58. The van der Waals surface area contributed by atoms with Crippen molar-refractivity contribution in [3.05, 3.63) is 87.6 Å². The van der Waals surface area contributed by atoms with Crippen LogP contribution in [-0.4, -0.2) is 25.3 Å². The van der Waals surface area contributed by atoms with E-state index in [1.807, 2.05) is 26.0 Å². The van der Waals surface area contributed by atoms with Crippen molar-refractivity contribution in [2.45, 2.75) is 20.5 Å². The third-order valence-corrected chi connectivity index (χ3v) is 5.66. The average molecular weight is 527 g/mol. The zero-order valence-corrected chi connectivity index (χ0v) is 21.2. The number of rotatable bonds is 10. The van der Waals surface area contributed by atoms with Crippen molar-refractivity contribution < 1.29 is 23.4 Å². The van der Waals surface area contributed by atoms with Crippen LogP contribution in [0.25, 0.3) is 11.0 Å². The first kappa shape index (κ1) is 25.4. The van der Waals surface area contributed by atoms with Crippen LogP contribution >= 0.6 is 23.2 Å². The van der Waals surface area contributed by atoms with Gasteiger partial charge in [-0.15, -0.1) is 0 Å². The summed E-state index contributed by atoms with van der Waals surface area (Å²) in [5.74, 6) is 1.49. The number of ether oxygens (including phenoxy) is 3. The first-order valence-electron chi connectivity index (χ1n) is 11.3. The van der Waals surface area contributed by atoms with E-state index in [1.54, 1.807) is 48.5 Å². The van der Waals surface area contributed by atoms with Crippen molar-refractivity contribution in [1.29, 1.82) is 0 Å². The molecule has 3 aromatic carbocycles. The second-order valence-corrected chi connectivity index (χ2v) is 8.45. The van der Waals surface area contributed by atoms with E-state index < -0.39 is 5.91 Å². The number of furan rings is 1. The molecular formula is C27H24Cl2N2O5. The molecule has 0 saturated heterocycles. The minimum Gasteiger partial charge on any atom is -0.494 e. The van der Waals surface area contributed by atoms with Gasteiger partial charge in [0, 0.05) is 21.0 Å². The van der Waals surface area contributed by atoms with E-state index in [1.165, 1.54) is 6.21 Å². The van der Waals surface area contributed by atoms with Crippen molar-refractivity contribution in [3.8, 4) is 17.2 Å². The van der Waals surface area contributed by atoms with Gasteiger partial charge in [0.1, 0.15) is 17.9 Å². The lowest BCUT2D eigenvalue weighted by Crippen LogP contribution is -2.16. The molecule has 4 rings (SSSR count). The summed E-state index contributed by atoms with van der Waals surface area (Å²) in [6, 6.07) is 17.6. The maximum Gasteiger partial charge on any atom is 0.307 e. The molecule has 0 unspecified atom stereocenters. The van der Waals surface area contributed by atoms with E-state index in [-0.39, 0.29) is 12.4 Å². The molecule has 1 amide bonds. The molecule has 0 fully saturated rings. The zero-order chi connectivity index (χ0) is 25.5. The molecule has 0 aliphatic heterocycles. The second kappa shape index (κ2) is 11.8. The van der Waals surface area contributed by atoms with Crippen LogP contribution in [-0.2, 0) is 6.61 Å². The number of carbonyl (C=O) groups excluding carboxylic acids is 1. The lowest BCUT2D eigenvalue weighted by molar-refractivity contribution is 0.0929. The fourth-order valence-electron chi connectivity index (χ4n) is 3.40. The Morgan fingerprint density at radius 1 is 0.944 bits per heavy atom. The molecule has 4 aromatic rings. The molecule has 1 N–H and O–H groups in total. The Bertz CT molecular complexity index is 1400. The van der Waals surface area contributed by atoms with Crippen LogP contribution in [0.2, 0.25) is 10.0 Å². The Balaban J connectivity index is 1.41. The van der Waals surface area contributed by atoms with Gasteiger partial charge in [-0.1, -0.05) is 29.3 Å². The molecule has 1 aromatic heterocycles. The Labute approximate surface area is 218 Å². The molecule has 7 nitrogen and oxygen atoms in total. The van der Waals surface area contributed by atoms with Crippen LogP contribution in [0, 0.1) is 0 Å². The maximum atomic E-state index is 12.5. The van der Waals surface area contributed by atoms with Gasteiger partial charge in [0.2, 0.25) is 0 Å². The number of hydrazone groups is 1. The number of hydrogen-bond donors (Lipinski definition) is 1. The van der Waals surface area contributed by atoms with Crippen LogP contribution in [0.4, 0.5) is 0 Å². The second-order valence-electron chi connectivity index (χ2n) is 7.61. The predicted molar refractivity (Wildman–Crippen MR) is 141 cm³/mol. The number of nitrogens with one attached hydrogen (secondary N) is 1. The molecule has 36 heavy (non-hydrogen) atoms. The van der Waals surface area contributed by atoms with Crippen LogP contribution < -0.4 is 19.6 Å². The summed E-state index contributed by atoms with van der Waals surface area (Å²) < 4.78 is 22.7. The lowest BCUT2D eigenvalue weighted by Gasteiger charge is -2.13. The number of fused-ring (bicyclic) bond motifs is 1. The standard InChI is InChI=1S/C27H24Cl2N2O5/c1-3-33-21-8-10-23-19(12-21)13-26(36-23)27(32)31-30-15-17-5-9-24(25(11-17)34-4-2)35-16-18-6-7-20(28)14-22(18)29/h5-15H,3-4,16H2,1-2H3,(H,31,32)/b30-15+. The van der Waals surface area contributed by atoms with Gasteiger partial charge in [-0.2, -0.15) is 5.10 Å². The van der Waals surface area contributed by atoms with Crippen LogP contribution in [0.5, 0.6) is 17.2 Å². The van der Waals surface area contributed by atoms with Gasteiger partial charge in [0.25, 0.3) is 0 Å². The first-order valence-corrected chi connectivity index (χ1v) is 12.1. The van der Waals surface area contributed by atoms with Crippen molar-refractivity contribution in [2.24, 2.45) is 5.10 Å². The van der Waals surface area contributed by atoms with Crippen LogP contribution in [0.15, 0.2) is 70.2 Å². The lowest BCUT2D eigenvalue weighted by atomic mass is 10.2. The van der Waals surface area contributed by atoms with Gasteiger partial charge in [-0.05, 0) is 74.0 Å². The third kappa shape index (κ3) is 6.30. The van der Waals surface area contributed by atoms with Gasteiger partial charge in [0.05, 0.1) is 19.4 Å². The van der Waals surface area contributed by atoms with Crippen LogP contribution in [0.1, 0.15) is 35.5 Å². The Hall–Kier alpha value is -3.68. The molecule has 0 bridgehead atoms. The van der Waals surface area contributed by atoms with E-state index in [4.69, 9.17) is 41.8 Å². The first-order chi connectivity index (χ1) is 17.5. The highest BCUT2D eigenvalue weighted by Gasteiger charge is 2.13. The molecule has 0 saturated carbocycles. The maximum absolute atomic E-state index is 12.5. The average Bonchev–Trinajstić information content (AvgIpc) is 3.28. The van der Waals surface area contributed by atoms with Crippen LogP contribution in [0.3, 0.4) is 0 Å². The topological polar surface area (TPSA) is 82.3 Å². The van der Waals surface area contributed by atoms with Gasteiger partial charge in [0.15, 0.2) is 17.3 Å². The minimum atomic E-state index is -0.467. The number of halogens is 2. The molecule has 0 radical (unpaired) electrons. The van der Waals surface area contributed by atoms with Gasteiger partial charge in [-0.3, -0.25) is 4.79 Å². The quantitative estimate of drug-likeness (QED) is 0.180. The largest absolute Gasteiger partial charge is 0.494 e. The molecule has 0 spiro atoms. The molecular weight excluding hydrogens is 503 g/mol. The van der Waals surface area contributed by atoms with E-state index in [0.717, 1.165) is 10.9 Å². The third-order valence-electron chi connectivity index (χ3n) is 5.07. The van der Waals surface area contributed by atoms with E-state index in [9.17, 15) is 4.79 Å². The van der Waals surface area contributed by atoms with E-state index in [2.05, 4.69) is 10.5 Å². The highest BCUT2D eigenvalue weighted by Crippen LogP contribution is 2.30. The molecule has 186 valence electrons. The van der Waals surface area contributed by atoms with E-state index in [0.29, 0.717) is 51.7 Å². The summed E-state index contributed by atoms with van der Waals surface area (Å²) in [7, 11) is 0. The molecule has 0 atom stereocenters. The highest BCUT2D eigenvalue weighted by molar-refractivity contribution is 6.35. The molecule has 9 heteroatoms. The molecule has 0 aliphatic rings. The predicted octanol–water partition coefficient (Wildman–Crippen LogP) is 6.88. The minimum absolute atomic E-state index is 0.149. The number of nitrogens with zero attached hydrogens (tertiary/aromatic N) is 1. The Morgan fingerprint density at radius 3 is 2.56 bits per heavy atom. The monoisotopic (exact) mass is 526 g/mol. The van der Waals surface area contributed by atoms with Gasteiger partial charge < -0.3 is 18.6 Å². The Kier molecular flexibility index (Phi) is 8.36. The fraction of sp³-hybridized carbons (Fsp3) is 0.185. The number of carbonyl (C=O) groups is 1. The molecule has 0 aliphatic carbocycles. The van der Waals surface area contributed by atoms with Crippen molar-refractivity contribution in [3.63, 3.8) is 0 Å². The summed E-state index contributed by atoms with van der Waals surface area (Å²) in [6.45, 7) is 5.05.